The molecule has 1 aliphatic heterocycles. The van der Waals surface area contributed by atoms with Crippen molar-refractivity contribution >= 4 is 16.7 Å². The zero-order chi connectivity index (χ0) is 40.4. The fourth-order valence-corrected chi connectivity index (χ4v) is 5.86. The Balaban J connectivity index is 0.00000133. The lowest BCUT2D eigenvalue weighted by Gasteiger charge is -2.39. The Morgan fingerprint density at radius 3 is 1.91 bits per heavy atom. The summed E-state index contributed by atoms with van der Waals surface area (Å²) in [6, 6.07) is 24.4. The highest BCUT2D eigenvalue weighted by molar-refractivity contribution is 5.88. The van der Waals surface area contributed by atoms with Gasteiger partial charge in [0.1, 0.15) is 17.4 Å². The number of nitrogens with zero attached hydrogens (tertiary/aromatic N) is 5. The predicted octanol–water partition coefficient (Wildman–Crippen LogP) is 10.0. The number of hydrogen-bond acceptors (Lipinski definition) is 8. The number of rotatable bonds is 13. The molecule has 4 aromatic rings. The minimum absolute atomic E-state index is 0.0811. The molecule has 0 bridgehead atoms. The highest BCUT2D eigenvalue weighted by Gasteiger charge is 2.32. The zero-order valence-corrected chi connectivity index (χ0v) is 34.4. The van der Waals surface area contributed by atoms with Gasteiger partial charge in [-0.1, -0.05) is 116 Å². The molecule has 1 aromatic heterocycles. The van der Waals surface area contributed by atoms with E-state index in [1.165, 1.54) is 32.0 Å². The van der Waals surface area contributed by atoms with Crippen LogP contribution in [0.1, 0.15) is 97.1 Å². The Morgan fingerprint density at radius 2 is 1.33 bits per heavy atom. The number of para-hydroxylation sites is 1. The molecule has 1 unspecified atom stereocenters. The highest BCUT2D eigenvalue weighted by Crippen LogP contribution is 2.32. The molecule has 3 N–H and O–H groups in total. The van der Waals surface area contributed by atoms with Crippen molar-refractivity contribution in [2.45, 2.75) is 93.1 Å². The van der Waals surface area contributed by atoms with Gasteiger partial charge in [0.15, 0.2) is 0 Å². The summed E-state index contributed by atoms with van der Waals surface area (Å²) in [5.74, 6) is 1.46. The first-order chi connectivity index (χ1) is 26.1. The number of ether oxygens (including phenoxy) is 1. The van der Waals surface area contributed by atoms with Gasteiger partial charge in [-0.3, -0.25) is 9.80 Å². The molecule has 1 saturated heterocycles. The maximum Gasteiger partial charge on any atom is 0.573 e. The number of aromatic nitrogens is 2. The molecule has 1 fully saturated rings. The van der Waals surface area contributed by atoms with Gasteiger partial charge in [-0.05, 0) is 75.4 Å². The van der Waals surface area contributed by atoms with Gasteiger partial charge in [0.2, 0.25) is 0 Å². The zero-order valence-electron chi connectivity index (χ0n) is 34.4. The SMILES string of the molecule is CC.CCC.CCC.CCCN(C)CCCNc1nc(CN2CCN(C(c3ccccc3)c3ccc(OC(F)(F)F)cc3)CC2)nc2ccccc12.CN. The van der Waals surface area contributed by atoms with Crippen molar-refractivity contribution < 1.29 is 17.9 Å². The minimum atomic E-state index is -4.71. The Morgan fingerprint density at radius 1 is 0.778 bits per heavy atom. The second-order valence-electron chi connectivity index (χ2n) is 12.7. The summed E-state index contributed by atoms with van der Waals surface area (Å²) in [5.41, 5.74) is 7.46. The van der Waals surface area contributed by atoms with Crippen LogP contribution in [0, 0.1) is 0 Å². The normalized spacial score (nSPS) is 13.5. The summed E-state index contributed by atoms with van der Waals surface area (Å²) >= 11 is 0. The lowest BCUT2D eigenvalue weighted by molar-refractivity contribution is -0.274. The largest absolute Gasteiger partial charge is 0.573 e. The number of nitrogens with two attached hydrogens (primary N) is 1. The van der Waals surface area contributed by atoms with Crippen LogP contribution in [0.25, 0.3) is 10.9 Å². The molecule has 0 spiro atoms. The average Bonchev–Trinajstić information content (AvgIpc) is 3.17. The van der Waals surface area contributed by atoms with E-state index in [1.807, 2.05) is 50.2 Å². The fraction of sp³-hybridized carbons (Fsp3) is 0.535. The van der Waals surface area contributed by atoms with Crippen molar-refractivity contribution in [3.8, 4) is 5.75 Å². The number of fused-ring (bicyclic) bond motifs is 1. The lowest BCUT2D eigenvalue weighted by atomic mass is 9.96. The van der Waals surface area contributed by atoms with Crippen molar-refractivity contribution in [3.63, 3.8) is 0 Å². The molecular formula is C43H68F3N7O. The van der Waals surface area contributed by atoms with Gasteiger partial charge in [-0.25, -0.2) is 9.97 Å². The number of benzene rings is 3. The lowest BCUT2D eigenvalue weighted by Crippen LogP contribution is -2.47. The van der Waals surface area contributed by atoms with Crippen molar-refractivity contribution in [1.29, 1.82) is 0 Å². The van der Waals surface area contributed by atoms with Crippen LogP contribution in [0.4, 0.5) is 19.0 Å². The van der Waals surface area contributed by atoms with Crippen molar-refractivity contribution in [2.24, 2.45) is 5.73 Å². The van der Waals surface area contributed by atoms with Crippen LogP contribution in [0.2, 0.25) is 0 Å². The van der Waals surface area contributed by atoms with E-state index >= 15 is 0 Å². The van der Waals surface area contributed by atoms with Gasteiger partial charge in [-0.2, -0.15) is 0 Å². The van der Waals surface area contributed by atoms with Gasteiger partial charge >= 0.3 is 6.36 Å². The third-order valence-corrected chi connectivity index (χ3v) is 7.95. The second-order valence-corrected chi connectivity index (χ2v) is 12.7. The molecule has 302 valence electrons. The summed E-state index contributed by atoms with van der Waals surface area (Å²) in [6.07, 6.45) is -0.0286. The van der Waals surface area contributed by atoms with Gasteiger partial charge < -0.3 is 20.7 Å². The molecule has 54 heavy (non-hydrogen) atoms. The average molecular weight is 756 g/mol. The van der Waals surface area contributed by atoms with Crippen LogP contribution in [0.5, 0.6) is 5.75 Å². The van der Waals surface area contributed by atoms with Crippen LogP contribution in [-0.4, -0.2) is 90.9 Å². The monoisotopic (exact) mass is 756 g/mol. The van der Waals surface area contributed by atoms with E-state index in [9.17, 15) is 13.2 Å². The van der Waals surface area contributed by atoms with Crippen LogP contribution in [0.15, 0.2) is 78.9 Å². The summed E-state index contributed by atoms with van der Waals surface area (Å²) in [4.78, 5) is 16.9. The number of halogens is 3. The van der Waals surface area contributed by atoms with E-state index in [1.54, 1.807) is 12.1 Å². The van der Waals surface area contributed by atoms with E-state index in [0.717, 1.165) is 92.3 Å². The van der Waals surface area contributed by atoms with Crippen LogP contribution in [-0.2, 0) is 6.54 Å². The molecule has 0 saturated carbocycles. The highest BCUT2D eigenvalue weighted by atomic mass is 19.4. The Kier molecular flexibility index (Phi) is 24.8. The predicted molar refractivity (Wildman–Crippen MR) is 222 cm³/mol. The molecule has 0 radical (unpaired) electrons. The summed E-state index contributed by atoms with van der Waals surface area (Å²) in [5, 5.41) is 4.59. The fourth-order valence-electron chi connectivity index (χ4n) is 5.86. The van der Waals surface area contributed by atoms with Gasteiger partial charge in [0.05, 0.1) is 18.1 Å². The summed E-state index contributed by atoms with van der Waals surface area (Å²) in [6.45, 7) is 21.6. The molecular weight excluding hydrogens is 688 g/mol. The number of alkyl halides is 3. The van der Waals surface area contributed by atoms with E-state index in [4.69, 9.17) is 9.97 Å². The summed E-state index contributed by atoms with van der Waals surface area (Å²) in [7, 11) is 3.66. The maximum absolute atomic E-state index is 12.7. The molecule has 5 rings (SSSR count). The molecule has 0 amide bonds. The molecule has 1 atom stereocenters. The number of piperazine rings is 1. The topological polar surface area (TPSA) is 82.8 Å². The van der Waals surface area contributed by atoms with Crippen LogP contribution >= 0.6 is 0 Å². The molecule has 2 heterocycles. The van der Waals surface area contributed by atoms with Crippen molar-refractivity contribution in [2.75, 3.05) is 65.2 Å². The molecule has 11 heteroatoms. The first-order valence-corrected chi connectivity index (χ1v) is 19.7. The third kappa shape index (κ3) is 17.6. The van der Waals surface area contributed by atoms with Gasteiger partial charge in [-0.15, -0.1) is 13.2 Å². The molecule has 3 aromatic carbocycles. The summed E-state index contributed by atoms with van der Waals surface area (Å²) < 4.78 is 42.3. The molecule has 8 nitrogen and oxygen atoms in total. The Hall–Kier alpha value is -3.77. The van der Waals surface area contributed by atoms with E-state index in [-0.39, 0.29) is 11.8 Å². The smallest absolute Gasteiger partial charge is 0.406 e. The number of anilines is 1. The third-order valence-electron chi connectivity index (χ3n) is 7.95. The first kappa shape index (κ1) is 48.2. The van der Waals surface area contributed by atoms with Crippen molar-refractivity contribution in [1.82, 2.24) is 24.7 Å². The number of hydrogen-bond donors (Lipinski definition) is 2. The van der Waals surface area contributed by atoms with Crippen LogP contribution < -0.4 is 15.8 Å². The Bertz CT molecular complexity index is 1500. The van der Waals surface area contributed by atoms with Gasteiger partial charge in [0, 0.05) is 38.1 Å². The maximum atomic E-state index is 12.7. The van der Waals surface area contributed by atoms with E-state index in [0.29, 0.717) is 6.54 Å². The first-order valence-electron chi connectivity index (χ1n) is 19.7. The van der Waals surface area contributed by atoms with E-state index in [2.05, 4.69) is 90.4 Å². The quantitative estimate of drug-likeness (QED) is 0.131. The van der Waals surface area contributed by atoms with E-state index < -0.39 is 6.36 Å². The molecule has 1 aliphatic rings. The van der Waals surface area contributed by atoms with Crippen molar-refractivity contribution in [3.05, 3.63) is 95.8 Å². The second kappa shape index (κ2) is 27.8. The van der Waals surface area contributed by atoms with Crippen LogP contribution in [0.3, 0.4) is 0 Å². The minimum Gasteiger partial charge on any atom is -0.406 e. The standard InChI is InChI=1S/C34H41F3N6O.2C3H8.C2H6.CH5N/c1-3-19-41(2)20-9-18-38-33-29-12-7-8-13-30(29)39-31(40-33)25-42-21-23-43(24-22-42)32(26-10-5-4-6-11-26)27-14-16-28(17-15-27)44-34(35,36)37;2*1-3-2;2*1-2/h4-8,10-17,32H,3,9,18-25H2,1-2H3,(H,38,39,40);2*3H2,1-2H3;1-2H3;2H2,1H3. The Labute approximate surface area is 324 Å². The van der Waals surface area contributed by atoms with Gasteiger partial charge in [0.25, 0.3) is 0 Å². The number of nitrogens with one attached hydrogen (secondary N) is 1. The molecule has 0 aliphatic carbocycles.